The molecule has 0 saturated carbocycles. The maximum absolute atomic E-state index is 12.8. The van der Waals surface area contributed by atoms with Crippen molar-refractivity contribution in [2.24, 2.45) is 0 Å². The molecule has 0 atom stereocenters. The fraction of sp³-hybridized carbons (Fsp3) is 0.136. The second-order valence-corrected chi connectivity index (χ2v) is 9.37. The highest BCUT2D eigenvalue weighted by atomic mass is 32.2. The molecule has 0 spiro atoms. The number of aromatic nitrogens is 2. The lowest BCUT2D eigenvalue weighted by Gasteiger charge is -2.12. The van der Waals surface area contributed by atoms with Gasteiger partial charge in [0.25, 0.3) is 10.0 Å². The fourth-order valence-corrected chi connectivity index (χ4v) is 4.73. The summed E-state index contributed by atoms with van der Waals surface area (Å²) in [5.74, 6) is 0.919. The number of sulfonamides is 1. The minimum atomic E-state index is -3.89. The highest BCUT2D eigenvalue weighted by Gasteiger charge is 2.17. The number of aryl methyl sites for hydroxylation is 1. The number of benzene rings is 2. The summed E-state index contributed by atoms with van der Waals surface area (Å²) in [5.41, 5.74) is 1.53. The number of anilines is 2. The molecule has 9 nitrogen and oxygen atoms in total. The molecule has 1 amide bonds. The largest absolute Gasteiger partial charge is 0.495 e. The van der Waals surface area contributed by atoms with Crippen LogP contribution in [0, 0.1) is 0 Å². The Morgan fingerprint density at radius 2 is 2.00 bits per heavy atom. The van der Waals surface area contributed by atoms with Crippen molar-refractivity contribution in [2.75, 3.05) is 17.1 Å². The number of hydrogen-bond acceptors (Lipinski definition) is 8. The lowest BCUT2D eigenvalue weighted by Crippen LogP contribution is -2.15. The van der Waals surface area contributed by atoms with Gasteiger partial charge in [0.05, 0.1) is 17.7 Å². The van der Waals surface area contributed by atoms with Crippen molar-refractivity contribution in [3.63, 3.8) is 0 Å². The van der Waals surface area contributed by atoms with E-state index in [0.29, 0.717) is 28.8 Å². The average molecular weight is 485 g/mol. The summed E-state index contributed by atoms with van der Waals surface area (Å²) < 4.78 is 38.5. The van der Waals surface area contributed by atoms with Crippen LogP contribution in [0.1, 0.15) is 12.3 Å². The summed E-state index contributed by atoms with van der Waals surface area (Å²) in [6, 6.07) is 14.6. The van der Waals surface area contributed by atoms with Gasteiger partial charge >= 0.3 is 0 Å². The third kappa shape index (κ3) is 5.57. The third-order valence-corrected chi connectivity index (χ3v) is 6.64. The molecular weight excluding hydrogens is 464 g/mol. The molecule has 2 aromatic heterocycles. The highest BCUT2D eigenvalue weighted by molar-refractivity contribution is 7.92. The van der Waals surface area contributed by atoms with Crippen molar-refractivity contribution < 1.29 is 22.5 Å². The molecule has 2 N–H and O–H groups in total. The minimum Gasteiger partial charge on any atom is -0.495 e. The molecule has 4 rings (SSSR count). The van der Waals surface area contributed by atoms with Gasteiger partial charge in [0, 0.05) is 29.5 Å². The van der Waals surface area contributed by atoms with Crippen LogP contribution in [0.5, 0.6) is 5.75 Å². The van der Waals surface area contributed by atoms with Gasteiger partial charge in [0.2, 0.25) is 17.6 Å². The molecule has 0 aliphatic carbocycles. The fourth-order valence-electron chi connectivity index (χ4n) is 2.98. The number of ether oxygens (including phenoxy) is 1. The van der Waals surface area contributed by atoms with Gasteiger partial charge in [0.15, 0.2) is 0 Å². The van der Waals surface area contributed by atoms with Gasteiger partial charge < -0.3 is 14.6 Å². The van der Waals surface area contributed by atoms with Crippen LogP contribution in [0.3, 0.4) is 0 Å². The molecule has 33 heavy (non-hydrogen) atoms. The quantitative estimate of drug-likeness (QED) is 0.365. The van der Waals surface area contributed by atoms with Gasteiger partial charge in [-0.2, -0.15) is 16.3 Å². The zero-order valence-corrected chi connectivity index (χ0v) is 19.2. The van der Waals surface area contributed by atoms with E-state index in [-0.39, 0.29) is 23.6 Å². The number of rotatable bonds is 9. The van der Waals surface area contributed by atoms with E-state index in [1.165, 1.54) is 30.6 Å². The third-order valence-electron chi connectivity index (χ3n) is 4.59. The number of carbonyl (C=O) groups is 1. The number of methoxy groups -OCH3 is 1. The molecular formula is C22H20N4O5S2. The maximum atomic E-state index is 12.8. The SMILES string of the molecule is COc1ccccc1NS(=O)(=O)c1cccc(NC(=O)CCc2nc(-c3ccsc3)no2)c1. The van der Waals surface area contributed by atoms with Gasteiger partial charge in [0.1, 0.15) is 5.75 Å². The van der Waals surface area contributed by atoms with Crippen LogP contribution in [0.25, 0.3) is 11.4 Å². The summed E-state index contributed by atoms with van der Waals surface area (Å²) in [4.78, 5) is 16.7. The Morgan fingerprint density at radius 1 is 1.15 bits per heavy atom. The van der Waals surface area contributed by atoms with Crippen molar-refractivity contribution in [3.8, 4) is 17.1 Å². The first kappa shape index (κ1) is 22.5. The van der Waals surface area contributed by atoms with Gasteiger partial charge in [-0.05, 0) is 41.8 Å². The van der Waals surface area contributed by atoms with Crippen LogP contribution in [0.2, 0.25) is 0 Å². The molecule has 2 heterocycles. The summed E-state index contributed by atoms with van der Waals surface area (Å²) in [5, 5.41) is 10.4. The number of amides is 1. The Balaban J connectivity index is 1.39. The van der Waals surface area contributed by atoms with Gasteiger partial charge in [-0.15, -0.1) is 0 Å². The van der Waals surface area contributed by atoms with E-state index >= 15 is 0 Å². The van der Waals surface area contributed by atoms with Crippen molar-refractivity contribution in [3.05, 3.63) is 71.2 Å². The van der Waals surface area contributed by atoms with Crippen molar-refractivity contribution in [2.45, 2.75) is 17.7 Å². The zero-order chi connectivity index (χ0) is 23.3. The van der Waals surface area contributed by atoms with Crippen LogP contribution in [-0.4, -0.2) is 31.6 Å². The number of para-hydroxylation sites is 2. The molecule has 11 heteroatoms. The molecule has 2 aromatic carbocycles. The van der Waals surface area contributed by atoms with E-state index in [0.717, 1.165) is 5.56 Å². The standard InChI is InChI=1S/C22H20N4O5S2/c1-30-19-8-3-2-7-18(19)26-33(28,29)17-6-4-5-16(13-17)23-20(27)9-10-21-24-22(25-31-21)15-11-12-32-14-15/h2-8,11-14,26H,9-10H2,1H3,(H,23,27). The molecule has 0 bridgehead atoms. The van der Waals surface area contributed by atoms with Crippen LogP contribution in [0.15, 0.2) is 74.8 Å². The Kier molecular flexibility index (Phi) is 6.71. The first-order valence-electron chi connectivity index (χ1n) is 9.85. The Hall–Kier alpha value is -3.70. The average Bonchev–Trinajstić information content (AvgIpc) is 3.50. The Morgan fingerprint density at radius 3 is 2.79 bits per heavy atom. The molecule has 170 valence electrons. The Labute approximate surface area is 194 Å². The van der Waals surface area contributed by atoms with E-state index in [4.69, 9.17) is 9.26 Å². The second kappa shape index (κ2) is 9.84. The lowest BCUT2D eigenvalue weighted by molar-refractivity contribution is -0.116. The van der Waals surface area contributed by atoms with Gasteiger partial charge in [-0.3, -0.25) is 9.52 Å². The lowest BCUT2D eigenvalue weighted by atomic mass is 10.2. The van der Waals surface area contributed by atoms with Crippen LogP contribution < -0.4 is 14.8 Å². The number of nitrogens with one attached hydrogen (secondary N) is 2. The molecule has 0 saturated heterocycles. The van der Waals surface area contributed by atoms with Gasteiger partial charge in [-0.1, -0.05) is 23.4 Å². The normalized spacial score (nSPS) is 11.2. The van der Waals surface area contributed by atoms with Crippen molar-refractivity contribution >= 4 is 38.6 Å². The molecule has 0 unspecified atom stereocenters. The van der Waals surface area contributed by atoms with Crippen LogP contribution in [-0.2, 0) is 21.2 Å². The number of hydrogen-bond donors (Lipinski definition) is 2. The van der Waals surface area contributed by atoms with Crippen LogP contribution >= 0.6 is 11.3 Å². The van der Waals surface area contributed by atoms with E-state index in [9.17, 15) is 13.2 Å². The highest BCUT2D eigenvalue weighted by Crippen LogP contribution is 2.27. The van der Waals surface area contributed by atoms with Crippen molar-refractivity contribution in [1.82, 2.24) is 10.1 Å². The molecule has 0 fully saturated rings. The number of thiophene rings is 1. The smallest absolute Gasteiger partial charge is 0.262 e. The summed E-state index contributed by atoms with van der Waals surface area (Å²) in [6.07, 6.45) is 0.359. The maximum Gasteiger partial charge on any atom is 0.262 e. The second-order valence-electron chi connectivity index (χ2n) is 6.91. The predicted octanol–water partition coefficient (Wildman–Crippen LogP) is 4.18. The van der Waals surface area contributed by atoms with Crippen LogP contribution in [0.4, 0.5) is 11.4 Å². The van der Waals surface area contributed by atoms with E-state index in [2.05, 4.69) is 20.2 Å². The van der Waals surface area contributed by atoms with E-state index in [1.54, 1.807) is 36.4 Å². The Bertz CT molecular complexity index is 1350. The number of carbonyl (C=O) groups excluding carboxylic acids is 1. The minimum absolute atomic E-state index is 0.00325. The topological polar surface area (TPSA) is 123 Å². The summed E-state index contributed by atoms with van der Waals surface area (Å²) in [6.45, 7) is 0. The van der Waals surface area contributed by atoms with Crippen molar-refractivity contribution in [1.29, 1.82) is 0 Å². The monoisotopic (exact) mass is 484 g/mol. The van der Waals surface area contributed by atoms with E-state index in [1.807, 2.05) is 16.8 Å². The first-order valence-corrected chi connectivity index (χ1v) is 12.3. The molecule has 0 radical (unpaired) electrons. The summed E-state index contributed by atoms with van der Waals surface area (Å²) >= 11 is 1.53. The molecule has 0 aliphatic rings. The number of nitrogens with zero attached hydrogens (tertiary/aromatic N) is 2. The summed E-state index contributed by atoms with van der Waals surface area (Å²) in [7, 11) is -2.43. The first-order chi connectivity index (χ1) is 15.9. The molecule has 4 aromatic rings. The van der Waals surface area contributed by atoms with E-state index < -0.39 is 10.0 Å². The molecule has 0 aliphatic heterocycles. The predicted molar refractivity (Wildman–Crippen MR) is 125 cm³/mol. The van der Waals surface area contributed by atoms with Gasteiger partial charge in [-0.25, -0.2) is 8.42 Å². The zero-order valence-electron chi connectivity index (χ0n) is 17.5.